The van der Waals surface area contributed by atoms with Gasteiger partial charge in [-0.1, -0.05) is 54.1 Å². The van der Waals surface area contributed by atoms with Crippen molar-refractivity contribution in [2.24, 2.45) is 0 Å². The van der Waals surface area contributed by atoms with Crippen LogP contribution in [0.4, 0.5) is 16.4 Å². The summed E-state index contributed by atoms with van der Waals surface area (Å²) in [7, 11) is 0. The number of ether oxygens (including phenoxy) is 2. The van der Waals surface area contributed by atoms with E-state index >= 15 is 0 Å². The van der Waals surface area contributed by atoms with E-state index in [4.69, 9.17) is 32.5 Å². The summed E-state index contributed by atoms with van der Waals surface area (Å²) in [4.78, 5) is 45.2. The first-order chi connectivity index (χ1) is 21.4. The molecular formula is C32H42ClN7O5. The quantitative estimate of drug-likeness (QED) is 0.150. The largest absolute Gasteiger partial charge is 0.489 e. The molecule has 1 heterocycles. The Kier molecular flexibility index (Phi) is 13.2. The molecule has 0 fully saturated rings. The molecule has 3 amide bonds. The molecule has 13 heteroatoms. The maximum Gasteiger partial charge on any atom is 0.407 e. The maximum absolute atomic E-state index is 12.7. The Balaban J connectivity index is 1.39. The van der Waals surface area contributed by atoms with Gasteiger partial charge in [0, 0.05) is 25.6 Å². The van der Waals surface area contributed by atoms with Crippen LogP contribution in [0.1, 0.15) is 68.1 Å². The fourth-order valence-corrected chi connectivity index (χ4v) is 4.32. The van der Waals surface area contributed by atoms with Crippen molar-refractivity contribution in [1.82, 2.24) is 25.9 Å². The number of carbonyl (C=O) groups excluding carboxylic acids is 3. The van der Waals surface area contributed by atoms with Gasteiger partial charge in [-0.25, -0.2) is 14.8 Å². The molecule has 0 spiro atoms. The number of anilines is 2. The number of nitrogens with two attached hydrogens (primary N) is 2. The van der Waals surface area contributed by atoms with Gasteiger partial charge in [0.25, 0.3) is 5.91 Å². The van der Waals surface area contributed by atoms with Gasteiger partial charge in [-0.05, 0) is 69.7 Å². The summed E-state index contributed by atoms with van der Waals surface area (Å²) in [5.74, 6) is -0.123. The molecule has 45 heavy (non-hydrogen) atoms. The highest BCUT2D eigenvalue weighted by Gasteiger charge is 2.22. The second-order valence-corrected chi connectivity index (χ2v) is 11.8. The van der Waals surface area contributed by atoms with Gasteiger partial charge in [-0.3, -0.25) is 9.59 Å². The number of unbranched alkanes of at least 4 members (excludes halogenated alkanes) is 1. The second kappa shape index (κ2) is 17.0. The van der Waals surface area contributed by atoms with Gasteiger partial charge < -0.3 is 36.9 Å². The third kappa shape index (κ3) is 12.9. The third-order valence-corrected chi connectivity index (χ3v) is 6.74. The van der Waals surface area contributed by atoms with E-state index in [1.165, 1.54) is 0 Å². The Bertz CT molecular complexity index is 1420. The number of halogens is 1. The molecule has 0 aliphatic carbocycles. The van der Waals surface area contributed by atoms with Crippen LogP contribution in [0.25, 0.3) is 0 Å². The number of amides is 3. The van der Waals surface area contributed by atoms with Crippen molar-refractivity contribution in [3.8, 4) is 5.75 Å². The molecule has 0 saturated heterocycles. The molecule has 0 bridgehead atoms. The summed E-state index contributed by atoms with van der Waals surface area (Å²) in [6.45, 7) is 6.33. The minimum Gasteiger partial charge on any atom is -0.489 e. The molecule has 3 rings (SSSR count). The van der Waals surface area contributed by atoms with Gasteiger partial charge in [-0.15, -0.1) is 0 Å². The summed E-state index contributed by atoms with van der Waals surface area (Å²) in [5.41, 5.74) is 12.6. The van der Waals surface area contributed by atoms with Crippen LogP contribution in [0, 0.1) is 0 Å². The van der Waals surface area contributed by atoms with Gasteiger partial charge in [0.05, 0.1) is 0 Å². The predicted octanol–water partition coefficient (Wildman–Crippen LogP) is 4.42. The van der Waals surface area contributed by atoms with Crippen LogP contribution in [0.5, 0.6) is 5.75 Å². The monoisotopic (exact) mass is 639 g/mol. The highest BCUT2D eigenvalue weighted by Crippen LogP contribution is 2.18. The van der Waals surface area contributed by atoms with E-state index in [1.54, 1.807) is 20.8 Å². The lowest BCUT2D eigenvalue weighted by atomic mass is 10.1. The first kappa shape index (κ1) is 34.9. The average Bonchev–Trinajstić information content (AvgIpc) is 2.99. The molecular weight excluding hydrogens is 598 g/mol. The van der Waals surface area contributed by atoms with Gasteiger partial charge in [0.1, 0.15) is 18.0 Å². The molecule has 242 valence electrons. The van der Waals surface area contributed by atoms with Crippen LogP contribution in [-0.2, 0) is 22.6 Å². The topological polar surface area (TPSA) is 184 Å². The Morgan fingerprint density at radius 2 is 1.62 bits per heavy atom. The molecule has 0 unspecified atom stereocenters. The number of nitrogens with one attached hydrogen (secondary N) is 3. The average molecular weight is 640 g/mol. The Hall–Kier alpha value is -4.58. The summed E-state index contributed by atoms with van der Waals surface area (Å²) in [6, 6.07) is 17.2. The second-order valence-electron chi connectivity index (χ2n) is 11.5. The first-order valence-electron chi connectivity index (χ1n) is 14.8. The lowest BCUT2D eigenvalue weighted by molar-refractivity contribution is -0.121. The number of hydrogen-bond acceptors (Lipinski definition) is 9. The van der Waals surface area contributed by atoms with Crippen LogP contribution in [-0.4, -0.2) is 52.6 Å². The van der Waals surface area contributed by atoms with Crippen LogP contribution < -0.4 is 32.2 Å². The van der Waals surface area contributed by atoms with Crippen molar-refractivity contribution in [1.29, 1.82) is 0 Å². The highest BCUT2D eigenvalue weighted by molar-refractivity contribution is 6.31. The number of carbonyl (C=O) groups is 3. The standard InChI is InChI=1S/C32H42ClN7O5/c1-32(2,3)45-31(43)38-23(19-37-30(42)26-28(34)40-29(35)27(33)39-26)11-7-8-18-36-25(41)17-14-21-12-15-24(16-13-21)44-20-22-9-5-4-6-10-22/h4-6,9-10,12-13,15-16,23H,7-8,11,14,17-20H2,1-3H3,(H,36,41)(H,37,42)(H,38,43)(H4,34,35,40)/t23-/m0/s1. The number of rotatable bonds is 15. The number of nitrogen functional groups attached to an aromatic ring is 2. The minimum absolute atomic E-state index is 0.0454. The fraction of sp³-hybridized carbons (Fsp3) is 0.406. The van der Waals surface area contributed by atoms with Crippen molar-refractivity contribution in [3.63, 3.8) is 0 Å². The van der Waals surface area contributed by atoms with Crippen molar-refractivity contribution < 1.29 is 23.9 Å². The summed E-state index contributed by atoms with van der Waals surface area (Å²) in [6.07, 6.45) is 2.21. The van der Waals surface area contributed by atoms with Crippen molar-refractivity contribution in [2.45, 2.75) is 71.1 Å². The lowest BCUT2D eigenvalue weighted by Crippen LogP contribution is -2.45. The molecule has 1 atom stereocenters. The summed E-state index contributed by atoms with van der Waals surface area (Å²) >= 11 is 5.89. The number of nitrogens with zero attached hydrogens (tertiary/aromatic N) is 2. The molecule has 0 saturated carbocycles. The van der Waals surface area contributed by atoms with E-state index in [0.717, 1.165) is 16.9 Å². The molecule has 1 aromatic heterocycles. The molecule has 0 aliphatic heterocycles. The Morgan fingerprint density at radius 3 is 2.31 bits per heavy atom. The summed E-state index contributed by atoms with van der Waals surface area (Å²) < 4.78 is 11.2. The van der Waals surface area contributed by atoms with Gasteiger partial charge >= 0.3 is 6.09 Å². The Labute approximate surface area is 268 Å². The summed E-state index contributed by atoms with van der Waals surface area (Å²) in [5, 5.41) is 8.29. The zero-order valence-corrected chi connectivity index (χ0v) is 26.7. The molecule has 3 aromatic rings. The molecule has 0 radical (unpaired) electrons. The minimum atomic E-state index is -0.689. The number of hydrogen-bond donors (Lipinski definition) is 5. The van der Waals surface area contributed by atoms with Crippen molar-refractivity contribution in [2.75, 3.05) is 24.6 Å². The molecule has 2 aromatic carbocycles. The molecule has 7 N–H and O–H groups in total. The number of alkyl carbamates (subject to hydrolysis) is 1. The fourth-order valence-electron chi connectivity index (χ4n) is 4.19. The van der Waals surface area contributed by atoms with Crippen molar-refractivity contribution in [3.05, 3.63) is 76.6 Å². The third-order valence-electron chi connectivity index (χ3n) is 6.46. The van der Waals surface area contributed by atoms with E-state index in [0.29, 0.717) is 45.3 Å². The molecule has 0 aliphatic rings. The van der Waals surface area contributed by atoms with Gasteiger partial charge in [0.15, 0.2) is 22.5 Å². The van der Waals surface area contributed by atoms with E-state index in [1.807, 2.05) is 54.6 Å². The van der Waals surface area contributed by atoms with Gasteiger partial charge in [0.2, 0.25) is 5.91 Å². The van der Waals surface area contributed by atoms with Crippen LogP contribution in [0.3, 0.4) is 0 Å². The van der Waals surface area contributed by atoms with E-state index in [9.17, 15) is 14.4 Å². The lowest BCUT2D eigenvalue weighted by Gasteiger charge is -2.24. The van der Waals surface area contributed by atoms with E-state index < -0.39 is 23.6 Å². The first-order valence-corrected chi connectivity index (χ1v) is 15.2. The zero-order chi connectivity index (χ0) is 32.8. The Morgan fingerprint density at radius 1 is 0.911 bits per heavy atom. The van der Waals surface area contributed by atoms with E-state index in [2.05, 4.69) is 25.9 Å². The molecule has 12 nitrogen and oxygen atoms in total. The van der Waals surface area contributed by atoms with E-state index in [-0.39, 0.29) is 34.9 Å². The smallest absolute Gasteiger partial charge is 0.407 e. The highest BCUT2D eigenvalue weighted by atomic mass is 35.5. The number of aryl methyl sites for hydroxylation is 1. The zero-order valence-electron chi connectivity index (χ0n) is 25.9. The number of aromatic nitrogens is 2. The van der Waals surface area contributed by atoms with Crippen molar-refractivity contribution >= 4 is 41.1 Å². The SMILES string of the molecule is CC(C)(C)OC(=O)N[C@@H](CCCCNC(=O)CCc1ccc(OCc2ccccc2)cc1)CNC(=O)c1nc(Cl)c(N)nc1N. The van der Waals surface area contributed by atoms with Crippen LogP contribution in [0.15, 0.2) is 54.6 Å². The maximum atomic E-state index is 12.7. The van der Waals surface area contributed by atoms with Crippen LogP contribution >= 0.6 is 11.6 Å². The normalized spacial score (nSPS) is 11.7. The van der Waals surface area contributed by atoms with Gasteiger partial charge in [-0.2, -0.15) is 0 Å². The number of benzene rings is 2. The predicted molar refractivity (Wildman–Crippen MR) is 174 cm³/mol. The van der Waals surface area contributed by atoms with Crippen LogP contribution in [0.2, 0.25) is 5.15 Å².